The lowest BCUT2D eigenvalue weighted by Crippen LogP contribution is -2.29. The van der Waals surface area contributed by atoms with Gasteiger partial charge in [-0.05, 0) is 31.5 Å². The Bertz CT molecular complexity index is 647. The van der Waals surface area contributed by atoms with Gasteiger partial charge in [0.1, 0.15) is 6.04 Å². The summed E-state index contributed by atoms with van der Waals surface area (Å²) in [6, 6.07) is 8.69. The van der Waals surface area contributed by atoms with Crippen LogP contribution in [0.2, 0.25) is 0 Å². The maximum absolute atomic E-state index is 12.2. The van der Waals surface area contributed by atoms with Crippen LogP contribution in [-0.4, -0.2) is 28.9 Å². The largest absolute Gasteiger partial charge is 0.316 e. The van der Waals surface area contributed by atoms with Crippen molar-refractivity contribution in [2.24, 2.45) is 5.73 Å². The van der Waals surface area contributed by atoms with Crippen molar-refractivity contribution < 1.29 is 4.79 Å². The van der Waals surface area contributed by atoms with Crippen molar-refractivity contribution in [3.8, 4) is 0 Å². The molecule has 1 amide bonds. The lowest BCUT2D eigenvalue weighted by molar-refractivity contribution is -0.117. The van der Waals surface area contributed by atoms with E-state index in [1.54, 1.807) is 0 Å². The molecule has 1 aromatic carbocycles. The van der Waals surface area contributed by atoms with Crippen LogP contribution in [0.3, 0.4) is 0 Å². The van der Waals surface area contributed by atoms with Crippen molar-refractivity contribution in [2.45, 2.75) is 31.8 Å². The summed E-state index contributed by atoms with van der Waals surface area (Å²) in [7, 11) is 0. The highest BCUT2D eigenvalue weighted by molar-refractivity contribution is 7.13. The van der Waals surface area contributed by atoms with Crippen molar-refractivity contribution in [3.05, 3.63) is 47.0 Å². The molecule has 5 nitrogen and oxygen atoms in total. The lowest BCUT2D eigenvalue weighted by atomic mass is 10.1. The molecule has 3 rings (SSSR count). The summed E-state index contributed by atoms with van der Waals surface area (Å²) in [5.41, 5.74) is 7.81. The molecule has 2 aromatic rings. The fourth-order valence-electron chi connectivity index (χ4n) is 2.78. The van der Waals surface area contributed by atoms with E-state index in [9.17, 15) is 4.79 Å². The van der Waals surface area contributed by atoms with Gasteiger partial charge < -0.3 is 11.1 Å². The highest BCUT2D eigenvalue weighted by Crippen LogP contribution is 2.20. The Hall–Kier alpha value is -1.18. The third kappa shape index (κ3) is 6.24. The highest BCUT2D eigenvalue weighted by atomic mass is 35.5. The van der Waals surface area contributed by atoms with Gasteiger partial charge >= 0.3 is 0 Å². The standard InChI is InChI=1S/C17H22N4OS.2ClH/c18-15(13-7-3-1-4-8-13)16(22)20-17-19-14(12-23-17)11-21-9-5-2-6-10-21;;/h1,3-4,7-8,12,15H,2,5-6,9-11,18H2,(H,19,20,22);2*1H. The van der Waals surface area contributed by atoms with Gasteiger partial charge in [0.05, 0.1) is 5.69 Å². The molecule has 2 heterocycles. The third-order valence-electron chi connectivity index (χ3n) is 4.06. The first kappa shape index (κ1) is 21.9. The second-order valence-corrected chi connectivity index (χ2v) is 6.72. The number of nitrogens with one attached hydrogen (secondary N) is 1. The first-order valence-corrected chi connectivity index (χ1v) is 8.88. The number of carbonyl (C=O) groups is 1. The number of hydrogen-bond donors (Lipinski definition) is 2. The molecule has 0 saturated carbocycles. The van der Waals surface area contributed by atoms with Crippen LogP contribution in [-0.2, 0) is 11.3 Å². The number of likely N-dealkylation sites (tertiary alicyclic amines) is 1. The molecule has 1 unspecified atom stereocenters. The zero-order valence-corrected chi connectivity index (χ0v) is 16.3. The van der Waals surface area contributed by atoms with E-state index < -0.39 is 6.04 Å². The van der Waals surface area contributed by atoms with Crippen LogP contribution in [0.15, 0.2) is 35.7 Å². The molecule has 1 fully saturated rings. The second kappa shape index (κ2) is 10.7. The van der Waals surface area contributed by atoms with Gasteiger partial charge in [-0.3, -0.25) is 9.69 Å². The Balaban J connectivity index is 0.00000156. The lowest BCUT2D eigenvalue weighted by Gasteiger charge is -2.25. The average Bonchev–Trinajstić information content (AvgIpc) is 3.02. The quantitative estimate of drug-likeness (QED) is 0.800. The number of carbonyl (C=O) groups excluding carboxylic acids is 1. The predicted molar refractivity (Wildman–Crippen MR) is 108 cm³/mol. The topological polar surface area (TPSA) is 71.2 Å². The number of aromatic nitrogens is 1. The van der Waals surface area contributed by atoms with E-state index >= 15 is 0 Å². The second-order valence-electron chi connectivity index (χ2n) is 5.86. The molecule has 3 N–H and O–H groups in total. The van der Waals surface area contributed by atoms with E-state index in [-0.39, 0.29) is 30.7 Å². The molecule has 1 saturated heterocycles. The summed E-state index contributed by atoms with van der Waals surface area (Å²) in [5.74, 6) is -0.227. The Morgan fingerprint density at radius 1 is 1.20 bits per heavy atom. The van der Waals surface area contributed by atoms with Crippen molar-refractivity contribution >= 4 is 47.2 Å². The minimum Gasteiger partial charge on any atom is -0.316 e. The molecule has 138 valence electrons. The number of nitrogens with two attached hydrogens (primary N) is 1. The first-order chi connectivity index (χ1) is 11.2. The number of benzene rings is 1. The van der Waals surface area contributed by atoms with Crippen LogP contribution in [0.1, 0.15) is 36.6 Å². The molecule has 1 aliphatic heterocycles. The zero-order valence-electron chi connectivity index (χ0n) is 13.9. The van der Waals surface area contributed by atoms with Gasteiger partial charge in [-0.2, -0.15) is 0 Å². The van der Waals surface area contributed by atoms with Crippen LogP contribution in [0.25, 0.3) is 0 Å². The predicted octanol–water partition coefficient (Wildman–Crippen LogP) is 3.61. The molecular weight excluding hydrogens is 379 g/mol. The van der Waals surface area contributed by atoms with Crippen LogP contribution >= 0.6 is 36.2 Å². The van der Waals surface area contributed by atoms with Crippen LogP contribution in [0.5, 0.6) is 0 Å². The number of rotatable bonds is 5. The number of halogens is 2. The summed E-state index contributed by atoms with van der Waals surface area (Å²) in [5, 5.41) is 5.45. The maximum Gasteiger partial charge on any atom is 0.247 e. The number of anilines is 1. The van der Waals surface area contributed by atoms with E-state index in [0.29, 0.717) is 5.13 Å². The normalized spacial score (nSPS) is 15.6. The number of hydrogen-bond acceptors (Lipinski definition) is 5. The molecular formula is C17H24Cl2N4OS. The van der Waals surface area contributed by atoms with Crippen LogP contribution in [0.4, 0.5) is 5.13 Å². The molecule has 1 aliphatic rings. The summed E-state index contributed by atoms with van der Waals surface area (Å²) in [6.07, 6.45) is 3.85. The van der Waals surface area contributed by atoms with E-state index in [1.165, 1.54) is 30.6 Å². The Kier molecular flexibility index (Phi) is 9.38. The van der Waals surface area contributed by atoms with Crippen LogP contribution in [0, 0.1) is 0 Å². The van der Waals surface area contributed by atoms with Gasteiger partial charge in [0.15, 0.2) is 5.13 Å². The third-order valence-corrected chi connectivity index (χ3v) is 4.86. The summed E-state index contributed by atoms with van der Waals surface area (Å²) in [6.45, 7) is 3.13. The molecule has 8 heteroatoms. The molecule has 0 spiro atoms. The molecule has 1 aromatic heterocycles. The summed E-state index contributed by atoms with van der Waals surface area (Å²) < 4.78 is 0. The van der Waals surface area contributed by atoms with Crippen LogP contribution < -0.4 is 11.1 Å². The van der Waals surface area contributed by atoms with Gasteiger partial charge in [-0.1, -0.05) is 36.8 Å². The van der Waals surface area contributed by atoms with Gasteiger partial charge in [-0.25, -0.2) is 4.98 Å². The van der Waals surface area contributed by atoms with Gasteiger partial charge in [0.25, 0.3) is 0 Å². The Labute approximate surface area is 164 Å². The molecule has 0 radical (unpaired) electrons. The molecule has 1 atom stereocenters. The number of nitrogens with zero attached hydrogens (tertiary/aromatic N) is 2. The van der Waals surface area contributed by atoms with E-state index in [1.807, 2.05) is 35.7 Å². The van der Waals surface area contributed by atoms with E-state index in [2.05, 4.69) is 15.2 Å². The minimum atomic E-state index is -0.675. The van der Waals surface area contributed by atoms with Crippen molar-refractivity contribution in [1.82, 2.24) is 9.88 Å². The number of amides is 1. The number of piperidine rings is 1. The highest BCUT2D eigenvalue weighted by Gasteiger charge is 2.17. The molecule has 25 heavy (non-hydrogen) atoms. The Morgan fingerprint density at radius 2 is 1.88 bits per heavy atom. The first-order valence-electron chi connectivity index (χ1n) is 8.00. The summed E-state index contributed by atoms with van der Waals surface area (Å²) >= 11 is 1.45. The monoisotopic (exact) mass is 402 g/mol. The van der Waals surface area contributed by atoms with Gasteiger partial charge in [0, 0.05) is 11.9 Å². The zero-order chi connectivity index (χ0) is 16.1. The molecule has 0 bridgehead atoms. The van der Waals surface area contributed by atoms with Crippen molar-refractivity contribution in [3.63, 3.8) is 0 Å². The Morgan fingerprint density at radius 3 is 2.56 bits per heavy atom. The summed E-state index contributed by atoms with van der Waals surface area (Å²) in [4.78, 5) is 19.2. The fourth-order valence-corrected chi connectivity index (χ4v) is 3.48. The SMILES string of the molecule is Cl.Cl.NC(C(=O)Nc1nc(CN2CCCCC2)cs1)c1ccccc1. The van der Waals surface area contributed by atoms with Crippen molar-refractivity contribution in [1.29, 1.82) is 0 Å². The maximum atomic E-state index is 12.2. The van der Waals surface area contributed by atoms with Crippen molar-refractivity contribution in [2.75, 3.05) is 18.4 Å². The minimum absolute atomic E-state index is 0. The average molecular weight is 403 g/mol. The van der Waals surface area contributed by atoms with E-state index in [0.717, 1.165) is 30.9 Å². The van der Waals surface area contributed by atoms with Gasteiger partial charge in [0.2, 0.25) is 5.91 Å². The fraction of sp³-hybridized carbons (Fsp3) is 0.412. The number of thiazole rings is 1. The smallest absolute Gasteiger partial charge is 0.247 e. The molecule has 0 aliphatic carbocycles. The van der Waals surface area contributed by atoms with E-state index in [4.69, 9.17) is 5.73 Å². The van der Waals surface area contributed by atoms with Gasteiger partial charge in [-0.15, -0.1) is 36.2 Å².